The smallest absolute Gasteiger partial charge is 0.350 e. The Bertz CT molecular complexity index is 906. The molecule has 1 heterocycles. The van der Waals surface area contributed by atoms with E-state index in [1.807, 2.05) is 31.2 Å². The molecule has 1 aromatic heterocycles. The highest BCUT2D eigenvalue weighted by Gasteiger charge is 2.20. The molecule has 1 atom stereocenters. The minimum atomic E-state index is -0.343. The Morgan fingerprint density at radius 2 is 1.93 bits per heavy atom. The summed E-state index contributed by atoms with van der Waals surface area (Å²) in [7, 11) is 5.15. The summed E-state index contributed by atoms with van der Waals surface area (Å²) in [5.41, 5.74) is 2.34. The van der Waals surface area contributed by atoms with Crippen LogP contribution in [0.1, 0.15) is 56.2 Å². The number of aryl methyl sites for hydroxylation is 1. The molecule has 0 spiro atoms. The van der Waals surface area contributed by atoms with Crippen molar-refractivity contribution in [3.05, 3.63) is 51.0 Å². The fourth-order valence-electron chi connectivity index (χ4n) is 2.66. The van der Waals surface area contributed by atoms with E-state index in [2.05, 4.69) is 20.6 Å². The average Bonchev–Trinajstić information content (AvgIpc) is 3.12. The number of rotatable bonds is 7. The molecule has 9 heteroatoms. The molecule has 0 saturated carbocycles. The Balaban J connectivity index is 1.97. The topological polar surface area (TPSA) is 95.9 Å². The van der Waals surface area contributed by atoms with Crippen molar-refractivity contribution in [2.24, 2.45) is 4.99 Å². The van der Waals surface area contributed by atoms with Crippen LogP contribution in [0.5, 0.6) is 0 Å². The van der Waals surface area contributed by atoms with Crippen molar-refractivity contribution >= 4 is 29.2 Å². The number of aliphatic imine (C=N–C) groups is 1. The van der Waals surface area contributed by atoms with Gasteiger partial charge in [-0.1, -0.05) is 12.1 Å². The highest BCUT2D eigenvalue weighted by Crippen LogP contribution is 2.24. The van der Waals surface area contributed by atoms with Crippen molar-refractivity contribution in [2.45, 2.75) is 33.4 Å². The first kappa shape index (κ1) is 23.3. The predicted octanol–water partition coefficient (Wildman–Crippen LogP) is 2.76. The first-order valence-electron chi connectivity index (χ1n) is 9.69. The largest absolute Gasteiger partial charge is 0.462 e. The molecule has 0 radical (unpaired) electrons. The third-order valence-electron chi connectivity index (χ3n) is 4.29. The minimum absolute atomic E-state index is 0.0262. The molecule has 2 aromatic rings. The summed E-state index contributed by atoms with van der Waals surface area (Å²) >= 11 is 1.32. The number of carbonyl (C=O) groups is 2. The van der Waals surface area contributed by atoms with Gasteiger partial charge in [0.1, 0.15) is 9.88 Å². The zero-order valence-electron chi connectivity index (χ0n) is 18.3. The number of amides is 1. The number of carbonyl (C=O) groups excluding carboxylic acids is 2. The Morgan fingerprint density at radius 3 is 2.50 bits per heavy atom. The van der Waals surface area contributed by atoms with Crippen molar-refractivity contribution < 1.29 is 14.3 Å². The Morgan fingerprint density at radius 1 is 1.27 bits per heavy atom. The van der Waals surface area contributed by atoms with E-state index in [0.717, 1.165) is 10.6 Å². The van der Waals surface area contributed by atoms with Crippen LogP contribution in [0.3, 0.4) is 0 Å². The van der Waals surface area contributed by atoms with Crippen molar-refractivity contribution in [3.63, 3.8) is 0 Å². The van der Waals surface area contributed by atoms with Gasteiger partial charge in [0.05, 0.1) is 18.3 Å². The number of nitrogens with zero attached hydrogens (tertiary/aromatic N) is 3. The molecule has 0 saturated heterocycles. The van der Waals surface area contributed by atoms with E-state index < -0.39 is 0 Å². The van der Waals surface area contributed by atoms with Gasteiger partial charge in [-0.3, -0.25) is 9.79 Å². The molecule has 0 aliphatic carbocycles. The molecule has 2 N–H and O–H groups in total. The van der Waals surface area contributed by atoms with E-state index in [9.17, 15) is 9.59 Å². The molecule has 1 amide bonds. The predicted molar refractivity (Wildman–Crippen MR) is 119 cm³/mol. The third kappa shape index (κ3) is 6.03. The molecule has 0 aliphatic heterocycles. The molecule has 1 aromatic carbocycles. The molecular formula is C21H29N5O3S. The SMILES string of the molecule is CCOC(=O)c1sc(C(C)NC(=NC)NCc2ccc(C(=O)N(C)C)cc2)nc1C. The van der Waals surface area contributed by atoms with Crippen molar-refractivity contribution in [1.82, 2.24) is 20.5 Å². The van der Waals surface area contributed by atoms with Gasteiger partial charge in [-0.25, -0.2) is 9.78 Å². The van der Waals surface area contributed by atoms with Crippen LogP contribution in [0.2, 0.25) is 0 Å². The molecule has 0 bridgehead atoms. The lowest BCUT2D eigenvalue weighted by atomic mass is 10.1. The molecule has 0 fully saturated rings. The van der Waals surface area contributed by atoms with Crippen molar-refractivity contribution in [2.75, 3.05) is 27.7 Å². The first-order chi connectivity index (χ1) is 14.3. The van der Waals surface area contributed by atoms with Gasteiger partial charge in [-0.15, -0.1) is 11.3 Å². The number of hydrogen-bond donors (Lipinski definition) is 2. The van der Waals surface area contributed by atoms with Gasteiger partial charge in [-0.2, -0.15) is 0 Å². The number of aromatic nitrogens is 1. The maximum atomic E-state index is 12.0. The van der Waals surface area contributed by atoms with Crippen molar-refractivity contribution in [1.29, 1.82) is 0 Å². The maximum Gasteiger partial charge on any atom is 0.350 e. The lowest BCUT2D eigenvalue weighted by Crippen LogP contribution is -2.38. The van der Waals surface area contributed by atoms with E-state index in [-0.39, 0.29) is 17.9 Å². The first-order valence-corrected chi connectivity index (χ1v) is 10.5. The Labute approximate surface area is 181 Å². The normalized spacial score (nSPS) is 12.3. The highest BCUT2D eigenvalue weighted by molar-refractivity contribution is 7.13. The maximum absolute atomic E-state index is 12.0. The third-order valence-corrected chi connectivity index (χ3v) is 5.61. The summed E-state index contributed by atoms with van der Waals surface area (Å²) < 4.78 is 5.08. The Kier molecular flexibility index (Phi) is 8.35. The van der Waals surface area contributed by atoms with Gasteiger partial charge in [-0.05, 0) is 38.5 Å². The number of esters is 1. The zero-order valence-corrected chi connectivity index (χ0v) is 19.1. The van der Waals surface area contributed by atoms with Gasteiger partial charge < -0.3 is 20.3 Å². The number of hydrogen-bond acceptors (Lipinski definition) is 6. The highest BCUT2D eigenvalue weighted by atomic mass is 32.1. The van der Waals surface area contributed by atoms with E-state index >= 15 is 0 Å². The summed E-state index contributed by atoms with van der Waals surface area (Å²) in [6.45, 7) is 6.43. The van der Waals surface area contributed by atoms with Crippen LogP contribution < -0.4 is 10.6 Å². The lowest BCUT2D eigenvalue weighted by Gasteiger charge is -2.16. The van der Waals surface area contributed by atoms with Crippen LogP contribution in [0, 0.1) is 6.92 Å². The molecule has 2 rings (SSSR count). The van der Waals surface area contributed by atoms with Crippen LogP contribution in [-0.4, -0.2) is 55.5 Å². The van der Waals surface area contributed by atoms with Crippen molar-refractivity contribution in [3.8, 4) is 0 Å². The van der Waals surface area contributed by atoms with E-state index in [1.165, 1.54) is 11.3 Å². The summed E-state index contributed by atoms with van der Waals surface area (Å²) in [6, 6.07) is 7.32. The molecule has 0 aliphatic rings. The molecule has 30 heavy (non-hydrogen) atoms. The van der Waals surface area contributed by atoms with Gasteiger partial charge in [0, 0.05) is 33.3 Å². The second-order valence-corrected chi connectivity index (χ2v) is 7.91. The van der Waals surface area contributed by atoms with Crippen LogP contribution in [0.25, 0.3) is 0 Å². The summed E-state index contributed by atoms with van der Waals surface area (Å²) in [6.07, 6.45) is 0. The van der Waals surface area contributed by atoms with E-state index in [0.29, 0.717) is 35.2 Å². The zero-order chi connectivity index (χ0) is 22.3. The lowest BCUT2D eigenvalue weighted by molar-refractivity contribution is 0.0530. The number of ether oxygens (including phenoxy) is 1. The van der Waals surface area contributed by atoms with E-state index in [4.69, 9.17) is 4.74 Å². The van der Waals surface area contributed by atoms with Crippen LogP contribution in [0.4, 0.5) is 0 Å². The van der Waals surface area contributed by atoms with Crippen LogP contribution in [-0.2, 0) is 11.3 Å². The number of thiazole rings is 1. The standard InChI is InChI=1S/C21H29N5O3S/c1-7-29-20(28)17-13(2)24-18(30-17)14(3)25-21(22-4)23-12-15-8-10-16(11-9-15)19(27)26(5)6/h8-11,14H,7,12H2,1-6H3,(H2,22,23,25). The van der Waals surface area contributed by atoms with Gasteiger partial charge in [0.25, 0.3) is 5.91 Å². The molecule has 162 valence electrons. The van der Waals surface area contributed by atoms with Gasteiger partial charge in [0.15, 0.2) is 5.96 Å². The summed E-state index contributed by atoms with van der Waals surface area (Å²) in [5.74, 6) is 0.243. The second kappa shape index (κ2) is 10.7. The summed E-state index contributed by atoms with van der Waals surface area (Å²) in [4.78, 5) is 34.8. The monoisotopic (exact) mass is 431 g/mol. The quantitative estimate of drug-likeness (QED) is 0.398. The molecular weight excluding hydrogens is 402 g/mol. The molecule has 1 unspecified atom stereocenters. The number of guanidine groups is 1. The van der Waals surface area contributed by atoms with Crippen LogP contribution >= 0.6 is 11.3 Å². The van der Waals surface area contributed by atoms with E-state index in [1.54, 1.807) is 39.9 Å². The number of nitrogens with one attached hydrogen (secondary N) is 2. The van der Waals surface area contributed by atoms with Gasteiger partial charge >= 0.3 is 5.97 Å². The minimum Gasteiger partial charge on any atom is -0.462 e. The molecule has 8 nitrogen and oxygen atoms in total. The second-order valence-electron chi connectivity index (χ2n) is 6.88. The Hall–Kier alpha value is -2.94. The number of benzene rings is 1. The van der Waals surface area contributed by atoms with Gasteiger partial charge in [0.2, 0.25) is 0 Å². The van der Waals surface area contributed by atoms with Crippen LogP contribution in [0.15, 0.2) is 29.3 Å². The average molecular weight is 432 g/mol. The summed E-state index contributed by atoms with van der Waals surface area (Å²) in [5, 5.41) is 7.32. The fourth-order valence-corrected chi connectivity index (χ4v) is 3.62. The fraction of sp³-hybridized carbons (Fsp3) is 0.429.